The molecule has 4 nitrogen and oxygen atoms in total. The van der Waals surface area contributed by atoms with E-state index in [2.05, 4.69) is 4.74 Å². The summed E-state index contributed by atoms with van der Waals surface area (Å²) >= 11 is 0. The van der Waals surface area contributed by atoms with E-state index >= 15 is 0 Å². The second-order valence-corrected chi connectivity index (χ2v) is 3.49. The number of esters is 1. The molecule has 0 bridgehead atoms. The fourth-order valence-electron chi connectivity index (χ4n) is 1.63. The average Bonchev–Trinajstić information content (AvgIpc) is 2.59. The van der Waals surface area contributed by atoms with Crippen molar-refractivity contribution in [1.82, 2.24) is 4.57 Å². The van der Waals surface area contributed by atoms with Crippen LogP contribution in [0.5, 0.6) is 0 Å². The molecule has 1 aliphatic heterocycles. The number of fused-ring (bicyclic) bond motifs is 1. The molecule has 0 aliphatic carbocycles. The highest BCUT2D eigenvalue weighted by molar-refractivity contribution is 5.89. The number of hydrogen-bond donors (Lipinski definition) is 0. The maximum absolute atomic E-state index is 11.2. The molecule has 0 saturated heterocycles. The summed E-state index contributed by atoms with van der Waals surface area (Å²) in [6.07, 6.45) is 2.03. The van der Waals surface area contributed by atoms with E-state index in [4.69, 9.17) is 4.74 Å². The first-order chi connectivity index (χ1) is 6.70. The SMILES string of the molecule is COC(=O)c1cc2n(c1)C[C@H](C)OC2. The molecule has 14 heavy (non-hydrogen) atoms. The summed E-state index contributed by atoms with van der Waals surface area (Å²) in [5.74, 6) is -0.292. The van der Waals surface area contributed by atoms with Gasteiger partial charge in [-0.05, 0) is 13.0 Å². The highest BCUT2D eigenvalue weighted by Crippen LogP contribution is 2.17. The van der Waals surface area contributed by atoms with Crippen LogP contribution in [0, 0.1) is 0 Å². The molecule has 2 rings (SSSR count). The molecule has 2 heterocycles. The normalized spacial score (nSPS) is 20.3. The van der Waals surface area contributed by atoms with Gasteiger partial charge in [0.05, 0.1) is 25.4 Å². The zero-order chi connectivity index (χ0) is 10.1. The lowest BCUT2D eigenvalue weighted by molar-refractivity contribution is 0.0167. The average molecular weight is 195 g/mol. The Kier molecular flexibility index (Phi) is 2.29. The summed E-state index contributed by atoms with van der Waals surface area (Å²) in [5, 5.41) is 0. The zero-order valence-electron chi connectivity index (χ0n) is 8.32. The van der Waals surface area contributed by atoms with Gasteiger partial charge in [-0.2, -0.15) is 0 Å². The first-order valence-corrected chi connectivity index (χ1v) is 4.59. The van der Waals surface area contributed by atoms with Crippen LogP contribution in [-0.4, -0.2) is 23.8 Å². The van der Waals surface area contributed by atoms with Crippen molar-refractivity contribution in [3.63, 3.8) is 0 Å². The van der Waals surface area contributed by atoms with E-state index < -0.39 is 0 Å². The Balaban J connectivity index is 2.27. The number of hydrogen-bond acceptors (Lipinski definition) is 3. The summed E-state index contributed by atoms with van der Waals surface area (Å²) in [4.78, 5) is 11.2. The third kappa shape index (κ3) is 1.53. The van der Waals surface area contributed by atoms with Crippen LogP contribution in [0.15, 0.2) is 12.3 Å². The minimum absolute atomic E-state index is 0.209. The second kappa shape index (κ2) is 3.46. The largest absolute Gasteiger partial charge is 0.465 e. The Morgan fingerprint density at radius 1 is 1.71 bits per heavy atom. The molecule has 1 aromatic heterocycles. The van der Waals surface area contributed by atoms with Gasteiger partial charge in [0.1, 0.15) is 0 Å². The van der Waals surface area contributed by atoms with Crippen molar-refractivity contribution in [3.8, 4) is 0 Å². The standard InChI is InChI=1S/C10H13NO3/c1-7-4-11-5-8(10(12)13-2)3-9(11)6-14-7/h3,5,7H,4,6H2,1-2H3/t7-/m0/s1. The molecule has 0 aromatic carbocycles. The van der Waals surface area contributed by atoms with Crippen LogP contribution < -0.4 is 0 Å². The van der Waals surface area contributed by atoms with Crippen LogP contribution >= 0.6 is 0 Å². The van der Waals surface area contributed by atoms with Gasteiger partial charge >= 0.3 is 5.97 Å². The van der Waals surface area contributed by atoms with Crippen molar-refractivity contribution < 1.29 is 14.3 Å². The van der Waals surface area contributed by atoms with Crippen molar-refractivity contribution in [1.29, 1.82) is 0 Å². The molecule has 0 saturated carbocycles. The molecule has 1 atom stereocenters. The molecule has 0 amide bonds. The predicted molar refractivity (Wildman–Crippen MR) is 50.0 cm³/mol. The van der Waals surface area contributed by atoms with Gasteiger partial charge in [-0.15, -0.1) is 0 Å². The van der Waals surface area contributed by atoms with E-state index in [1.54, 1.807) is 0 Å². The summed E-state index contributed by atoms with van der Waals surface area (Å²) in [6, 6.07) is 1.82. The highest BCUT2D eigenvalue weighted by Gasteiger charge is 2.18. The number of aromatic nitrogens is 1. The third-order valence-corrected chi connectivity index (χ3v) is 2.38. The molecule has 0 spiro atoms. The smallest absolute Gasteiger partial charge is 0.339 e. The molecular weight excluding hydrogens is 182 g/mol. The summed E-state index contributed by atoms with van der Waals surface area (Å²) in [6.45, 7) is 3.38. The first kappa shape index (κ1) is 9.27. The lowest BCUT2D eigenvalue weighted by Crippen LogP contribution is -2.23. The van der Waals surface area contributed by atoms with Crippen LogP contribution in [-0.2, 0) is 22.6 Å². The van der Waals surface area contributed by atoms with Crippen LogP contribution in [0.2, 0.25) is 0 Å². The Hall–Kier alpha value is -1.29. The maximum Gasteiger partial charge on any atom is 0.339 e. The summed E-state index contributed by atoms with van der Waals surface area (Å²) < 4.78 is 12.1. The quantitative estimate of drug-likeness (QED) is 0.632. The lowest BCUT2D eigenvalue weighted by Gasteiger charge is -2.21. The van der Waals surface area contributed by atoms with E-state index in [1.807, 2.05) is 23.8 Å². The van der Waals surface area contributed by atoms with E-state index in [0.717, 1.165) is 12.2 Å². The molecule has 0 N–H and O–H groups in total. The predicted octanol–water partition coefficient (Wildman–Crippen LogP) is 1.19. The number of carbonyl (C=O) groups is 1. The molecule has 1 aliphatic rings. The lowest BCUT2D eigenvalue weighted by atomic mass is 10.3. The third-order valence-electron chi connectivity index (χ3n) is 2.38. The van der Waals surface area contributed by atoms with Gasteiger partial charge < -0.3 is 14.0 Å². The van der Waals surface area contributed by atoms with Crippen molar-refractivity contribution >= 4 is 5.97 Å². The Bertz CT molecular complexity index is 356. The van der Waals surface area contributed by atoms with Gasteiger partial charge in [0.2, 0.25) is 0 Å². The molecule has 1 aromatic rings. The number of methoxy groups -OCH3 is 1. The van der Waals surface area contributed by atoms with Crippen LogP contribution in [0.25, 0.3) is 0 Å². The van der Waals surface area contributed by atoms with Crippen LogP contribution in [0.1, 0.15) is 23.0 Å². The Labute approximate surface area is 82.4 Å². The van der Waals surface area contributed by atoms with Crippen molar-refractivity contribution in [2.75, 3.05) is 7.11 Å². The van der Waals surface area contributed by atoms with Crippen LogP contribution in [0.4, 0.5) is 0 Å². The van der Waals surface area contributed by atoms with Gasteiger partial charge in [0.25, 0.3) is 0 Å². The summed E-state index contributed by atoms with van der Waals surface area (Å²) in [5.41, 5.74) is 1.63. The van der Waals surface area contributed by atoms with E-state index in [-0.39, 0.29) is 12.1 Å². The summed E-state index contributed by atoms with van der Waals surface area (Å²) in [7, 11) is 1.39. The van der Waals surface area contributed by atoms with Crippen molar-refractivity contribution in [2.45, 2.75) is 26.2 Å². The Morgan fingerprint density at radius 3 is 3.21 bits per heavy atom. The monoisotopic (exact) mass is 195 g/mol. The minimum Gasteiger partial charge on any atom is -0.465 e. The maximum atomic E-state index is 11.2. The Morgan fingerprint density at radius 2 is 2.50 bits per heavy atom. The number of ether oxygens (including phenoxy) is 2. The molecule has 76 valence electrons. The van der Waals surface area contributed by atoms with Gasteiger partial charge in [-0.3, -0.25) is 0 Å². The zero-order valence-corrected chi connectivity index (χ0v) is 8.32. The fourth-order valence-corrected chi connectivity index (χ4v) is 1.63. The molecule has 0 fully saturated rings. The first-order valence-electron chi connectivity index (χ1n) is 4.59. The van der Waals surface area contributed by atoms with Gasteiger partial charge in [-0.25, -0.2) is 4.79 Å². The van der Waals surface area contributed by atoms with Crippen LogP contribution in [0.3, 0.4) is 0 Å². The van der Waals surface area contributed by atoms with Crippen molar-refractivity contribution in [2.24, 2.45) is 0 Å². The van der Waals surface area contributed by atoms with Gasteiger partial charge in [0, 0.05) is 18.4 Å². The number of nitrogens with zero attached hydrogens (tertiary/aromatic N) is 1. The van der Waals surface area contributed by atoms with Gasteiger partial charge in [0.15, 0.2) is 0 Å². The fraction of sp³-hybridized carbons (Fsp3) is 0.500. The van der Waals surface area contributed by atoms with Gasteiger partial charge in [-0.1, -0.05) is 0 Å². The minimum atomic E-state index is -0.292. The number of carbonyl (C=O) groups excluding carboxylic acids is 1. The molecular formula is C10H13NO3. The second-order valence-electron chi connectivity index (χ2n) is 3.49. The number of rotatable bonds is 1. The van der Waals surface area contributed by atoms with E-state index in [9.17, 15) is 4.79 Å². The molecule has 0 radical (unpaired) electrons. The van der Waals surface area contributed by atoms with E-state index in [0.29, 0.717) is 12.2 Å². The molecule has 0 unspecified atom stereocenters. The molecule has 4 heteroatoms. The topological polar surface area (TPSA) is 40.5 Å². The van der Waals surface area contributed by atoms with Crippen molar-refractivity contribution in [3.05, 3.63) is 23.5 Å². The van der Waals surface area contributed by atoms with E-state index in [1.165, 1.54) is 7.11 Å². The highest BCUT2D eigenvalue weighted by atomic mass is 16.5.